The average molecular weight is 733 g/mol. The molecule has 2 aliphatic rings. The van der Waals surface area contributed by atoms with E-state index in [1.54, 1.807) is 16.9 Å². The van der Waals surface area contributed by atoms with Crippen molar-refractivity contribution in [2.75, 3.05) is 51.3 Å². The molecule has 3 aromatic carbocycles. The molecule has 4 aromatic rings. The molecule has 0 amide bonds. The van der Waals surface area contributed by atoms with E-state index in [0.29, 0.717) is 23.3 Å². The molecule has 0 unspecified atom stereocenters. The Balaban J connectivity index is 1.18. The van der Waals surface area contributed by atoms with Crippen molar-refractivity contribution >= 4 is 47.8 Å². The van der Waals surface area contributed by atoms with Gasteiger partial charge in [-0.25, -0.2) is 13.9 Å². The fraction of sp³-hybridized carbons (Fsp3) is 0.450. The number of hydrogen-bond acceptors (Lipinski definition) is 7. The number of piperazine rings is 1. The summed E-state index contributed by atoms with van der Waals surface area (Å²) in [6.07, 6.45) is 4.98. The first-order chi connectivity index (χ1) is 24.3. The summed E-state index contributed by atoms with van der Waals surface area (Å²) in [7, 11) is 0.0940. The Kier molecular flexibility index (Phi) is 11.3. The van der Waals surface area contributed by atoms with E-state index in [2.05, 4.69) is 60.5 Å². The fourth-order valence-electron chi connectivity index (χ4n) is 6.92. The maximum atomic E-state index is 15.0. The number of rotatable bonds is 12. The highest BCUT2D eigenvalue weighted by molar-refractivity contribution is 6.76. The SMILES string of the molecule is COC(=O)c1ccc(N2CCN(CC3=C(c4ccc(Cl)cc4)CC(C)(C)CC3)CC2)cc1Oc1cc(F)cc2c1cnn2COCC[Si](C)(C)C. The molecular formula is C40H50ClFN4O4Si. The number of allylic oxidation sites excluding steroid dienone is 1. The maximum absolute atomic E-state index is 15.0. The molecule has 1 aliphatic carbocycles. The molecule has 0 bridgehead atoms. The molecule has 1 aliphatic heterocycles. The van der Waals surface area contributed by atoms with Crippen LogP contribution in [-0.4, -0.2) is 75.2 Å². The summed E-state index contributed by atoms with van der Waals surface area (Å²) in [5.41, 5.74) is 6.27. The van der Waals surface area contributed by atoms with Crippen molar-refractivity contribution in [2.45, 2.75) is 65.5 Å². The minimum absolute atomic E-state index is 0.212. The van der Waals surface area contributed by atoms with Crippen LogP contribution in [0.15, 0.2) is 66.4 Å². The van der Waals surface area contributed by atoms with Gasteiger partial charge in [0.2, 0.25) is 0 Å². The first kappa shape index (κ1) is 37.1. The number of hydrogen-bond donors (Lipinski definition) is 0. The summed E-state index contributed by atoms with van der Waals surface area (Å²) in [5, 5.41) is 5.84. The van der Waals surface area contributed by atoms with Gasteiger partial charge in [0.15, 0.2) is 0 Å². The van der Waals surface area contributed by atoms with Gasteiger partial charge in [-0.3, -0.25) is 4.90 Å². The van der Waals surface area contributed by atoms with Gasteiger partial charge in [-0.15, -0.1) is 0 Å². The lowest BCUT2D eigenvalue weighted by Crippen LogP contribution is -2.47. The molecule has 0 radical (unpaired) electrons. The van der Waals surface area contributed by atoms with Gasteiger partial charge in [-0.2, -0.15) is 5.10 Å². The zero-order valence-electron chi connectivity index (χ0n) is 30.7. The van der Waals surface area contributed by atoms with Gasteiger partial charge in [0, 0.05) is 76.3 Å². The Bertz CT molecular complexity index is 1890. The molecule has 1 aromatic heterocycles. The van der Waals surface area contributed by atoms with Crippen LogP contribution in [-0.2, 0) is 16.2 Å². The Hall–Kier alpha value is -3.70. The first-order valence-electron chi connectivity index (χ1n) is 17.9. The van der Waals surface area contributed by atoms with Crippen LogP contribution < -0.4 is 9.64 Å². The quantitative estimate of drug-likeness (QED) is 0.0817. The highest BCUT2D eigenvalue weighted by Crippen LogP contribution is 2.43. The summed E-state index contributed by atoms with van der Waals surface area (Å²) in [6.45, 7) is 16.8. The van der Waals surface area contributed by atoms with Crippen LogP contribution in [0.3, 0.4) is 0 Å². The zero-order valence-corrected chi connectivity index (χ0v) is 32.5. The number of fused-ring (bicyclic) bond motifs is 1. The summed E-state index contributed by atoms with van der Waals surface area (Å²) < 4.78 is 34.0. The average Bonchev–Trinajstić information content (AvgIpc) is 3.50. The second kappa shape index (κ2) is 15.5. The molecular weight excluding hydrogens is 683 g/mol. The normalized spacial score (nSPS) is 16.9. The lowest BCUT2D eigenvalue weighted by Gasteiger charge is -2.39. The van der Waals surface area contributed by atoms with E-state index >= 15 is 4.39 Å². The Labute approximate surface area is 307 Å². The highest BCUT2D eigenvalue weighted by atomic mass is 35.5. The maximum Gasteiger partial charge on any atom is 0.341 e. The minimum Gasteiger partial charge on any atom is -0.465 e. The molecule has 0 atom stereocenters. The summed E-state index contributed by atoms with van der Waals surface area (Å²) >= 11 is 6.22. The molecule has 51 heavy (non-hydrogen) atoms. The minimum atomic E-state index is -1.25. The number of esters is 1. The third-order valence-electron chi connectivity index (χ3n) is 10.0. The van der Waals surface area contributed by atoms with Crippen LogP contribution >= 0.6 is 11.6 Å². The topological polar surface area (TPSA) is 69.1 Å². The van der Waals surface area contributed by atoms with E-state index in [-0.39, 0.29) is 23.5 Å². The second-order valence-corrected chi connectivity index (χ2v) is 21.9. The van der Waals surface area contributed by atoms with Gasteiger partial charge < -0.3 is 19.1 Å². The summed E-state index contributed by atoms with van der Waals surface area (Å²) in [4.78, 5) is 17.7. The third-order valence-corrected chi connectivity index (χ3v) is 12.0. The molecule has 6 rings (SSSR count). The fourth-order valence-corrected chi connectivity index (χ4v) is 7.80. The van der Waals surface area contributed by atoms with E-state index < -0.39 is 19.9 Å². The molecule has 0 saturated carbocycles. The standard InChI is InChI=1S/C40H50ClFN4O4Si/c1-40(2)14-13-29(34(24-40)28-7-9-30(41)10-8-28)26-44-15-17-45(18-16-44)32-11-12-33(39(47)48-3)38(23-32)50-37-22-31(42)21-36-35(37)25-43-46(36)27-49-19-20-51(4,5)6/h7-12,21-23,25H,13-20,24,26-27H2,1-6H3. The number of methoxy groups -OCH3 is 1. The highest BCUT2D eigenvalue weighted by Gasteiger charge is 2.30. The third kappa shape index (κ3) is 9.21. The van der Waals surface area contributed by atoms with Crippen LogP contribution in [0.5, 0.6) is 11.5 Å². The lowest BCUT2D eigenvalue weighted by atomic mass is 9.72. The van der Waals surface area contributed by atoms with Gasteiger partial charge in [0.1, 0.15) is 29.6 Å². The smallest absolute Gasteiger partial charge is 0.341 e. The van der Waals surface area contributed by atoms with E-state index in [9.17, 15) is 4.79 Å². The number of anilines is 1. The van der Waals surface area contributed by atoms with E-state index in [4.69, 9.17) is 25.8 Å². The van der Waals surface area contributed by atoms with E-state index in [1.807, 2.05) is 24.3 Å². The number of carbonyl (C=O) groups is 1. The van der Waals surface area contributed by atoms with Crippen molar-refractivity contribution in [1.29, 1.82) is 0 Å². The van der Waals surface area contributed by atoms with E-state index in [1.165, 1.54) is 42.4 Å². The van der Waals surface area contributed by atoms with Gasteiger partial charge in [0.25, 0.3) is 0 Å². The van der Waals surface area contributed by atoms with Crippen LogP contribution in [0.2, 0.25) is 30.7 Å². The Morgan fingerprint density at radius 2 is 1.75 bits per heavy atom. The predicted octanol–water partition coefficient (Wildman–Crippen LogP) is 9.51. The van der Waals surface area contributed by atoms with Crippen molar-refractivity contribution in [1.82, 2.24) is 14.7 Å². The molecule has 1 fully saturated rings. The van der Waals surface area contributed by atoms with Crippen LogP contribution in [0.25, 0.3) is 16.5 Å². The summed E-state index contributed by atoms with van der Waals surface area (Å²) in [5.74, 6) is -0.425. The largest absolute Gasteiger partial charge is 0.465 e. The Morgan fingerprint density at radius 3 is 2.45 bits per heavy atom. The summed E-state index contributed by atoms with van der Waals surface area (Å²) in [6, 6.07) is 17.6. The lowest BCUT2D eigenvalue weighted by molar-refractivity contribution is 0.0598. The molecule has 0 N–H and O–H groups in total. The van der Waals surface area contributed by atoms with Gasteiger partial charge in [0.05, 0.1) is 24.2 Å². The number of nitrogens with zero attached hydrogens (tertiary/aromatic N) is 4. The number of halogens is 2. The predicted molar refractivity (Wildman–Crippen MR) is 206 cm³/mol. The number of ether oxygens (including phenoxy) is 3. The van der Waals surface area contributed by atoms with Crippen LogP contribution in [0.4, 0.5) is 10.1 Å². The molecule has 272 valence electrons. The number of carbonyl (C=O) groups excluding carboxylic acids is 1. The van der Waals surface area contributed by atoms with Crippen molar-refractivity contribution < 1.29 is 23.4 Å². The van der Waals surface area contributed by atoms with Gasteiger partial charge in [-0.05, 0) is 66.1 Å². The first-order valence-corrected chi connectivity index (χ1v) is 21.9. The second-order valence-electron chi connectivity index (χ2n) is 15.8. The Morgan fingerprint density at radius 1 is 1.00 bits per heavy atom. The number of aromatic nitrogens is 2. The van der Waals surface area contributed by atoms with Crippen molar-refractivity contribution in [2.24, 2.45) is 5.41 Å². The molecule has 11 heteroatoms. The van der Waals surface area contributed by atoms with Crippen molar-refractivity contribution in [3.05, 3.63) is 88.3 Å². The zero-order chi connectivity index (χ0) is 36.3. The molecule has 2 heterocycles. The monoisotopic (exact) mass is 732 g/mol. The van der Waals surface area contributed by atoms with Crippen LogP contribution in [0.1, 0.15) is 49.0 Å². The number of benzene rings is 3. The van der Waals surface area contributed by atoms with Gasteiger partial charge in [-0.1, -0.05) is 62.8 Å². The molecule has 8 nitrogen and oxygen atoms in total. The van der Waals surface area contributed by atoms with E-state index in [0.717, 1.165) is 62.3 Å². The van der Waals surface area contributed by atoms with Crippen LogP contribution in [0, 0.1) is 11.2 Å². The molecule has 0 spiro atoms. The van der Waals surface area contributed by atoms with Crippen molar-refractivity contribution in [3.8, 4) is 11.5 Å². The van der Waals surface area contributed by atoms with Gasteiger partial charge >= 0.3 is 5.97 Å². The van der Waals surface area contributed by atoms with Crippen molar-refractivity contribution in [3.63, 3.8) is 0 Å². The molecule has 1 saturated heterocycles.